The first-order valence-corrected chi connectivity index (χ1v) is 11.7. The number of nitrogens with zero attached hydrogens (tertiary/aromatic N) is 4. The summed E-state index contributed by atoms with van der Waals surface area (Å²) >= 11 is 0. The van der Waals surface area contributed by atoms with Gasteiger partial charge in [-0.15, -0.1) is 5.10 Å². The number of carbonyl (C=O) groups is 2. The van der Waals surface area contributed by atoms with Crippen molar-refractivity contribution in [3.63, 3.8) is 0 Å². The highest BCUT2D eigenvalue weighted by Gasteiger charge is 2.53. The molecule has 3 fully saturated rings. The van der Waals surface area contributed by atoms with E-state index in [-0.39, 0.29) is 12.6 Å². The molecule has 1 spiro atoms. The Kier molecular flexibility index (Phi) is 5.33. The molecular weight excluding hydrogens is 448 g/mol. The van der Waals surface area contributed by atoms with Crippen molar-refractivity contribution in [3.8, 4) is 11.5 Å². The quantitative estimate of drug-likeness (QED) is 0.531. The Hall–Kier alpha value is -3.98. The van der Waals surface area contributed by atoms with E-state index >= 15 is 0 Å². The van der Waals surface area contributed by atoms with Crippen molar-refractivity contribution in [2.75, 3.05) is 24.5 Å². The lowest BCUT2D eigenvalue weighted by atomic mass is 10.00. The largest absolute Gasteiger partial charge is 0.403 e. The molecular formula is C26H24N4O5. The predicted molar refractivity (Wildman–Crippen MR) is 125 cm³/mol. The molecule has 35 heavy (non-hydrogen) atoms. The standard InChI is InChI=1S/C26H24N4O5/c31-22-10-11-23(32)35-26(34-22)17-30(20-12-14-29(26)15-13-20)25-28-27-24(33-25)21-9-5-4-8-19(21)16-18-6-2-1-3-7-18/h1-11,20H,12-17H2. The minimum absolute atomic E-state index is 0.0874. The van der Waals surface area contributed by atoms with Crippen molar-refractivity contribution in [2.24, 2.45) is 0 Å². The summed E-state index contributed by atoms with van der Waals surface area (Å²) in [4.78, 5) is 28.4. The van der Waals surface area contributed by atoms with E-state index in [0.717, 1.165) is 42.5 Å². The van der Waals surface area contributed by atoms with E-state index in [9.17, 15) is 9.59 Å². The van der Waals surface area contributed by atoms with Gasteiger partial charge in [-0.05, 0) is 36.5 Å². The highest BCUT2D eigenvalue weighted by molar-refractivity contribution is 5.93. The van der Waals surface area contributed by atoms with Crippen molar-refractivity contribution in [1.82, 2.24) is 15.1 Å². The summed E-state index contributed by atoms with van der Waals surface area (Å²) in [7, 11) is 0. The lowest BCUT2D eigenvalue weighted by Crippen LogP contribution is -2.58. The molecule has 2 aromatic carbocycles. The number of fused-ring (bicyclic) bond motifs is 3. The van der Waals surface area contributed by atoms with Crippen LogP contribution in [0.5, 0.6) is 0 Å². The van der Waals surface area contributed by atoms with Crippen molar-refractivity contribution >= 4 is 18.0 Å². The molecule has 1 aromatic heterocycles. The van der Waals surface area contributed by atoms with Gasteiger partial charge in [-0.25, -0.2) is 14.5 Å². The summed E-state index contributed by atoms with van der Waals surface area (Å²) in [5.74, 6) is -2.37. The fourth-order valence-corrected chi connectivity index (χ4v) is 5.06. The van der Waals surface area contributed by atoms with Crippen molar-refractivity contribution in [3.05, 3.63) is 77.9 Å². The molecule has 0 aliphatic carbocycles. The SMILES string of the molecule is O=C1C=CC(=O)OC2(CN(c3nnc(-c4ccccc4Cc4ccccc4)o3)C3CCN2CC3)O1. The van der Waals surface area contributed by atoms with Crippen LogP contribution in [0.2, 0.25) is 0 Å². The number of anilines is 1. The van der Waals surface area contributed by atoms with Gasteiger partial charge in [0.2, 0.25) is 5.89 Å². The van der Waals surface area contributed by atoms with Crippen molar-refractivity contribution in [2.45, 2.75) is 31.2 Å². The average molecular weight is 473 g/mol. The number of carbonyl (C=O) groups excluding carboxylic acids is 2. The third kappa shape index (κ3) is 4.08. The molecule has 3 aromatic rings. The monoisotopic (exact) mass is 472 g/mol. The fourth-order valence-electron chi connectivity index (χ4n) is 5.06. The van der Waals surface area contributed by atoms with Gasteiger partial charge in [-0.1, -0.05) is 53.6 Å². The Bertz CT molecular complexity index is 1260. The van der Waals surface area contributed by atoms with Gasteiger partial charge in [0.05, 0.1) is 0 Å². The Morgan fingerprint density at radius 3 is 2.31 bits per heavy atom. The maximum absolute atomic E-state index is 12.3. The summed E-state index contributed by atoms with van der Waals surface area (Å²) in [6, 6.07) is 18.6. The maximum atomic E-state index is 12.3. The first-order valence-electron chi connectivity index (χ1n) is 11.7. The molecule has 0 amide bonds. The van der Waals surface area contributed by atoms with Crippen LogP contribution in [0.1, 0.15) is 24.0 Å². The first-order chi connectivity index (χ1) is 17.1. The molecule has 9 heteroatoms. The normalized spacial score (nSPS) is 23.0. The second-order valence-electron chi connectivity index (χ2n) is 8.94. The van der Waals surface area contributed by atoms with Gasteiger partial charge in [0.1, 0.15) is 6.54 Å². The molecule has 4 aliphatic heterocycles. The summed E-state index contributed by atoms with van der Waals surface area (Å²) in [6.07, 6.45) is 4.49. The van der Waals surface area contributed by atoms with Gasteiger partial charge >= 0.3 is 23.9 Å². The number of benzene rings is 2. The van der Waals surface area contributed by atoms with Gasteiger partial charge in [0.15, 0.2) is 0 Å². The molecule has 178 valence electrons. The van der Waals surface area contributed by atoms with E-state index in [1.54, 1.807) is 0 Å². The molecule has 0 N–H and O–H groups in total. The number of hydrogen-bond donors (Lipinski definition) is 0. The van der Waals surface area contributed by atoms with E-state index in [4.69, 9.17) is 13.9 Å². The Balaban J connectivity index is 1.33. The first kappa shape index (κ1) is 21.5. The molecule has 5 heterocycles. The number of piperidine rings is 1. The van der Waals surface area contributed by atoms with Crippen LogP contribution in [0, 0.1) is 0 Å². The van der Waals surface area contributed by atoms with E-state index in [2.05, 4.69) is 28.4 Å². The molecule has 0 unspecified atom stereocenters. The Morgan fingerprint density at radius 1 is 0.886 bits per heavy atom. The van der Waals surface area contributed by atoms with E-state index in [1.807, 2.05) is 46.2 Å². The summed E-state index contributed by atoms with van der Waals surface area (Å²) < 4.78 is 17.6. The summed E-state index contributed by atoms with van der Waals surface area (Å²) in [5, 5.41) is 8.72. The van der Waals surface area contributed by atoms with Gasteiger partial charge < -0.3 is 18.8 Å². The van der Waals surface area contributed by atoms with E-state index < -0.39 is 17.8 Å². The Labute approximate surface area is 201 Å². The topological polar surface area (TPSA) is 98.0 Å². The van der Waals surface area contributed by atoms with Crippen LogP contribution in [0.25, 0.3) is 11.5 Å². The van der Waals surface area contributed by atoms with Crippen LogP contribution in [-0.4, -0.2) is 58.6 Å². The van der Waals surface area contributed by atoms with Crippen molar-refractivity contribution < 1.29 is 23.5 Å². The van der Waals surface area contributed by atoms with Gasteiger partial charge in [0.25, 0.3) is 0 Å². The highest BCUT2D eigenvalue weighted by Crippen LogP contribution is 2.37. The van der Waals surface area contributed by atoms with Gasteiger partial charge in [0, 0.05) is 36.8 Å². The number of ether oxygens (including phenoxy) is 2. The van der Waals surface area contributed by atoms with Gasteiger partial charge in [-0.2, -0.15) is 0 Å². The maximum Gasteiger partial charge on any atom is 0.339 e. The lowest BCUT2D eigenvalue weighted by Gasteiger charge is -2.39. The summed E-state index contributed by atoms with van der Waals surface area (Å²) in [5.41, 5.74) is 3.13. The number of esters is 2. The second-order valence-corrected chi connectivity index (χ2v) is 8.94. The highest BCUT2D eigenvalue weighted by atomic mass is 16.8. The predicted octanol–water partition coefficient (Wildman–Crippen LogP) is 2.92. The molecule has 7 rings (SSSR count). The smallest absolute Gasteiger partial charge is 0.339 e. The Morgan fingerprint density at radius 2 is 1.57 bits per heavy atom. The lowest BCUT2D eigenvalue weighted by molar-refractivity contribution is -0.274. The van der Waals surface area contributed by atoms with Crippen LogP contribution in [0.15, 0.2) is 71.2 Å². The zero-order chi connectivity index (χ0) is 23.8. The molecule has 4 aliphatic rings. The molecule has 9 nitrogen and oxygen atoms in total. The summed E-state index contributed by atoms with van der Waals surface area (Å²) in [6.45, 7) is 1.31. The van der Waals surface area contributed by atoms with Crippen molar-refractivity contribution in [1.29, 1.82) is 0 Å². The molecule has 0 atom stereocenters. The number of hydrogen-bond acceptors (Lipinski definition) is 9. The minimum atomic E-state index is -1.54. The second kappa shape index (κ2) is 8.66. The molecule has 2 bridgehead atoms. The van der Waals surface area contributed by atoms with Crippen LogP contribution >= 0.6 is 0 Å². The third-order valence-corrected chi connectivity index (χ3v) is 6.78. The van der Waals surface area contributed by atoms with Crippen LogP contribution in [0.4, 0.5) is 6.01 Å². The average Bonchev–Trinajstić information content (AvgIpc) is 3.19. The minimum Gasteiger partial charge on any atom is -0.403 e. The van der Waals surface area contributed by atoms with E-state index in [1.165, 1.54) is 5.56 Å². The van der Waals surface area contributed by atoms with Crippen LogP contribution in [0.3, 0.4) is 0 Å². The van der Waals surface area contributed by atoms with Crippen LogP contribution < -0.4 is 4.90 Å². The van der Waals surface area contributed by atoms with Crippen LogP contribution in [-0.2, 0) is 25.5 Å². The molecule has 0 radical (unpaired) electrons. The van der Waals surface area contributed by atoms with E-state index in [0.29, 0.717) is 25.0 Å². The zero-order valence-corrected chi connectivity index (χ0v) is 19.0. The zero-order valence-electron chi connectivity index (χ0n) is 19.0. The molecule has 0 saturated carbocycles. The third-order valence-electron chi connectivity index (χ3n) is 6.78. The number of aromatic nitrogens is 2. The van der Waals surface area contributed by atoms with Gasteiger partial charge in [-0.3, -0.25) is 0 Å². The fraction of sp³-hybridized carbons (Fsp3) is 0.308. The number of rotatable bonds is 4. The molecule has 3 saturated heterocycles.